The van der Waals surface area contributed by atoms with Gasteiger partial charge in [0.25, 0.3) is 0 Å². The summed E-state index contributed by atoms with van der Waals surface area (Å²) < 4.78 is 0. The molecule has 0 bridgehead atoms. The highest BCUT2D eigenvalue weighted by molar-refractivity contribution is 5.97. The van der Waals surface area contributed by atoms with E-state index in [9.17, 15) is 0 Å². The Hall–Kier alpha value is -3.71. The van der Waals surface area contributed by atoms with E-state index in [1.54, 1.807) is 5.56 Å². The van der Waals surface area contributed by atoms with Crippen molar-refractivity contribution in [2.75, 3.05) is 0 Å². The Morgan fingerprint density at radius 1 is 0.556 bits per heavy atom. The minimum atomic E-state index is 0.0599. The fraction of sp³-hybridized carbons (Fsp3) is 0.386. The van der Waals surface area contributed by atoms with Crippen LogP contribution in [0.1, 0.15) is 115 Å². The largest absolute Gasteiger partial charge is 0.296 e. The molecule has 1 aliphatic rings. The third-order valence-electron chi connectivity index (χ3n) is 10.2. The van der Waals surface area contributed by atoms with Crippen LogP contribution in [0, 0.1) is 6.07 Å². The molecule has 1 heterocycles. The van der Waals surface area contributed by atoms with Gasteiger partial charge in [0.1, 0.15) is 0 Å². The van der Waals surface area contributed by atoms with Crippen molar-refractivity contribution >= 4 is 10.9 Å². The molecular weight excluding hydrogens is 542 g/mol. The van der Waals surface area contributed by atoms with Crippen molar-refractivity contribution in [3.63, 3.8) is 0 Å². The number of nitrogens with zero attached hydrogens (tertiary/aromatic N) is 1. The molecule has 0 N–H and O–H groups in total. The molecule has 0 atom stereocenters. The van der Waals surface area contributed by atoms with Gasteiger partial charge < -0.3 is 0 Å². The molecular formula is C44H50N-. The van der Waals surface area contributed by atoms with Gasteiger partial charge in [-0.25, -0.2) is 0 Å². The number of para-hydroxylation sites is 1. The summed E-state index contributed by atoms with van der Waals surface area (Å²) >= 11 is 0. The van der Waals surface area contributed by atoms with Gasteiger partial charge in [0, 0.05) is 10.8 Å². The molecule has 6 rings (SSSR count). The molecule has 4 aromatic carbocycles. The van der Waals surface area contributed by atoms with Gasteiger partial charge in [-0.3, -0.25) is 4.98 Å². The van der Waals surface area contributed by atoms with Crippen molar-refractivity contribution in [2.24, 2.45) is 0 Å². The van der Waals surface area contributed by atoms with Crippen molar-refractivity contribution < 1.29 is 0 Å². The second-order valence-electron chi connectivity index (χ2n) is 13.3. The zero-order chi connectivity index (χ0) is 30.9. The zero-order valence-corrected chi connectivity index (χ0v) is 27.6. The van der Waals surface area contributed by atoms with Crippen LogP contribution in [0.4, 0.5) is 0 Å². The molecule has 0 saturated carbocycles. The number of hydrogen-bond acceptors (Lipinski definition) is 1. The summed E-state index contributed by atoms with van der Waals surface area (Å²) in [6, 6.07) is 39.4. The van der Waals surface area contributed by atoms with Crippen LogP contribution in [0.3, 0.4) is 0 Å². The lowest BCUT2D eigenvalue weighted by Crippen LogP contribution is -2.25. The maximum absolute atomic E-state index is 5.23. The first-order valence-electron chi connectivity index (χ1n) is 17.9. The number of rotatable bonds is 16. The lowest BCUT2D eigenvalue weighted by molar-refractivity contribution is 0.398. The van der Waals surface area contributed by atoms with Crippen molar-refractivity contribution in [1.82, 2.24) is 4.98 Å². The Bertz CT molecular complexity index is 1660. The number of hydrogen-bond donors (Lipinski definition) is 0. The van der Waals surface area contributed by atoms with E-state index in [2.05, 4.69) is 117 Å². The molecule has 0 radical (unpaired) electrons. The Kier molecular flexibility index (Phi) is 10.5. The van der Waals surface area contributed by atoms with Gasteiger partial charge in [0.2, 0.25) is 0 Å². The number of pyridine rings is 1. The molecule has 1 aliphatic carbocycles. The number of unbranched alkanes of at least 4 members (excludes halogenated alkanes) is 10. The minimum absolute atomic E-state index is 0.0599. The van der Waals surface area contributed by atoms with Crippen LogP contribution in [-0.2, 0) is 5.41 Å². The highest BCUT2D eigenvalue weighted by Gasteiger charge is 2.39. The lowest BCUT2D eigenvalue weighted by atomic mass is 9.70. The Balaban J connectivity index is 1.41. The van der Waals surface area contributed by atoms with Crippen LogP contribution >= 0.6 is 0 Å². The topological polar surface area (TPSA) is 12.9 Å². The van der Waals surface area contributed by atoms with Crippen molar-refractivity contribution in [3.8, 4) is 33.5 Å². The first kappa shape index (κ1) is 31.3. The highest BCUT2D eigenvalue weighted by atomic mass is 14.7. The summed E-state index contributed by atoms with van der Waals surface area (Å²) in [6.07, 6.45) is 18.4. The summed E-state index contributed by atoms with van der Waals surface area (Å²) in [4.78, 5) is 5.23. The quantitative estimate of drug-likeness (QED) is 0.0820. The van der Waals surface area contributed by atoms with E-state index in [-0.39, 0.29) is 5.41 Å². The van der Waals surface area contributed by atoms with Gasteiger partial charge >= 0.3 is 0 Å². The molecule has 0 saturated heterocycles. The summed E-state index contributed by atoms with van der Waals surface area (Å²) in [5.41, 5.74) is 11.5. The highest BCUT2D eigenvalue weighted by Crippen LogP contribution is 2.55. The SMILES string of the molecule is CCCCCCCCC1(CCCCCCCC)c2ccccc2-c2c[c-]c(-c3cc(-c4ccccc4)c4ccccc4n3)cc21. The van der Waals surface area contributed by atoms with E-state index in [1.165, 1.54) is 123 Å². The molecule has 0 amide bonds. The Morgan fingerprint density at radius 3 is 1.91 bits per heavy atom. The van der Waals surface area contributed by atoms with Crippen molar-refractivity contribution in [2.45, 2.75) is 109 Å². The van der Waals surface area contributed by atoms with E-state index in [0.29, 0.717) is 0 Å². The maximum Gasteiger partial charge on any atom is 0.0601 e. The molecule has 0 unspecified atom stereocenters. The normalized spacial score (nSPS) is 13.2. The Morgan fingerprint density at radius 2 is 1.18 bits per heavy atom. The summed E-state index contributed by atoms with van der Waals surface area (Å²) in [7, 11) is 0. The monoisotopic (exact) mass is 592 g/mol. The van der Waals surface area contributed by atoms with Gasteiger partial charge in [-0.05, 0) is 41.3 Å². The van der Waals surface area contributed by atoms with Crippen molar-refractivity contribution in [3.05, 3.63) is 114 Å². The van der Waals surface area contributed by atoms with Gasteiger partial charge in [-0.2, -0.15) is 0 Å². The van der Waals surface area contributed by atoms with Crippen molar-refractivity contribution in [1.29, 1.82) is 0 Å². The number of benzene rings is 4. The van der Waals surface area contributed by atoms with Gasteiger partial charge in [0.05, 0.1) is 5.52 Å². The molecule has 0 aliphatic heterocycles. The standard InChI is InChI=1S/C44H50N/c1-3-5-7-9-11-20-30-44(31-21-12-10-8-6-4-2)40-26-18-16-24-36(40)37-29-28-35(32-41(37)44)43-33-39(34-22-14-13-15-23-34)38-25-17-19-27-42(38)45-43/h13-19,22-27,29,32-33H,3-12,20-21,30-31H2,1-2H3/q-1. The van der Waals surface area contributed by atoms with Crippen LogP contribution in [0.2, 0.25) is 0 Å². The molecule has 1 heteroatoms. The molecule has 45 heavy (non-hydrogen) atoms. The Labute approximate surface area is 272 Å². The second-order valence-corrected chi connectivity index (χ2v) is 13.3. The zero-order valence-electron chi connectivity index (χ0n) is 27.6. The van der Waals surface area contributed by atoms with E-state index >= 15 is 0 Å². The molecule has 0 fully saturated rings. The molecule has 5 aromatic rings. The predicted molar refractivity (Wildman–Crippen MR) is 194 cm³/mol. The molecule has 1 nitrogen and oxygen atoms in total. The third kappa shape index (κ3) is 6.79. The fourth-order valence-corrected chi connectivity index (χ4v) is 7.79. The van der Waals surface area contributed by atoms with E-state index in [0.717, 1.165) is 16.8 Å². The summed E-state index contributed by atoms with van der Waals surface area (Å²) in [5, 5.41) is 1.20. The number of fused-ring (bicyclic) bond motifs is 4. The summed E-state index contributed by atoms with van der Waals surface area (Å²) in [5.74, 6) is 0. The van der Waals surface area contributed by atoms with E-state index < -0.39 is 0 Å². The van der Waals surface area contributed by atoms with Crippen LogP contribution in [-0.4, -0.2) is 4.98 Å². The van der Waals surface area contributed by atoms with Crippen LogP contribution in [0.25, 0.3) is 44.4 Å². The fourth-order valence-electron chi connectivity index (χ4n) is 7.79. The van der Waals surface area contributed by atoms with Crippen LogP contribution in [0.5, 0.6) is 0 Å². The van der Waals surface area contributed by atoms with Crippen LogP contribution < -0.4 is 0 Å². The van der Waals surface area contributed by atoms with Gasteiger partial charge in [0.15, 0.2) is 0 Å². The second kappa shape index (κ2) is 15.0. The maximum atomic E-state index is 5.23. The molecule has 0 spiro atoms. The van der Waals surface area contributed by atoms with Crippen LogP contribution in [0.15, 0.2) is 97.1 Å². The third-order valence-corrected chi connectivity index (χ3v) is 10.2. The van der Waals surface area contributed by atoms with E-state index in [4.69, 9.17) is 4.98 Å². The number of aromatic nitrogens is 1. The smallest absolute Gasteiger partial charge is 0.0601 e. The summed E-state index contributed by atoms with van der Waals surface area (Å²) in [6.45, 7) is 4.62. The van der Waals surface area contributed by atoms with Gasteiger partial charge in [-0.15, -0.1) is 29.3 Å². The first-order chi connectivity index (χ1) is 22.2. The average Bonchev–Trinajstić information content (AvgIpc) is 3.36. The lowest BCUT2D eigenvalue weighted by Gasteiger charge is -2.35. The molecule has 232 valence electrons. The average molecular weight is 593 g/mol. The molecule has 1 aromatic heterocycles. The van der Waals surface area contributed by atoms with E-state index in [1.807, 2.05) is 0 Å². The minimum Gasteiger partial charge on any atom is -0.296 e. The first-order valence-corrected chi connectivity index (χ1v) is 17.9. The van der Waals surface area contributed by atoms with Gasteiger partial charge in [-0.1, -0.05) is 181 Å². The predicted octanol–water partition coefficient (Wildman–Crippen LogP) is 13.1.